The number of carbonyl (C=O) groups is 1. The summed E-state index contributed by atoms with van der Waals surface area (Å²) in [7, 11) is 0. The van der Waals surface area contributed by atoms with E-state index in [0.29, 0.717) is 11.5 Å². The van der Waals surface area contributed by atoms with Gasteiger partial charge in [0.25, 0.3) is 5.91 Å². The third-order valence-electron chi connectivity index (χ3n) is 4.80. The largest absolute Gasteiger partial charge is 0.393 e. The maximum atomic E-state index is 13.1. The van der Waals surface area contributed by atoms with Gasteiger partial charge in [0.1, 0.15) is 5.82 Å². The first kappa shape index (κ1) is 16.7. The van der Waals surface area contributed by atoms with Crippen molar-refractivity contribution in [3.05, 3.63) is 59.9 Å². The molecular formula is C20H22FNO2. The first-order chi connectivity index (χ1) is 11.6. The van der Waals surface area contributed by atoms with Gasteiger partial charge in [-0.3, -0.25) is 4.79 Å². The van der Waals surface area contributed by atoms with Gasteiger partial charge in [-0.1, -0.05) is 37.3 Å². The van der Waals surface area contributed by atoms with Crippen LogP contribution in [0.4, 0.5) is 4.39 Å². The molecule has 1 aliphatic rings. The molecule has 1 saturated carbocycles. The van der Waals surface area contributed by atoms with E-state index in [0.717, 1.165) is 30.4 Å². The third-order valence-corrected chi connectivity index (χ3v) is 4.80. The molecule has 1 atom stereocenters. The van der Waals surface area contributed by atoms with Crippen molar-refractivity contribution >= 4 is 5.91 Å². The van der Waals surface area contributed by atoms with Crippen LogP contribution in [0.25, 0.3) is 11.1 Å². The SMILES string of the molecule is CC[C@@H](NC(=O)c1ccccc1-c1ccc(F)cc1)C1CC(O)C1. The molecule has 1 aliphatic carbocycles. The van der Waals surface area contributed by atoms with Crippen molar-refractivity contribution in [3.8, 4) is 11.1 Å². The fourth-order valence-electron chi connectivity index (χ4n) is 3.32. The second-order valence-electron chi connectivity index (χ2n) is 6.43. The molecule has 2 aromatic carbocycles. The van der Waals surface area contributed by atoms with E-state index in [1.54, 1.807) is 18.2 Å². The van der Waals surface area contributed by atoms with Gasteiger partial charge in [0.05, 0.1) is 6.10 Å². The normalized spacial score (nSPS) is 21.0. The minimum atomic E-state index is -0.296. The Bertz CT molecular complexity index is 708. The summed E-state index contributed by atoms with van der Waals surface area (Å²) in [5.41, 5.74) is 2.19. The van der Waals surface area contributed by atoms with E-state index in [-0.39, 0.29) is 23.9 Å². The summed E-state index contributed by atoms with van der Waals surface area (Å²) < 4.78 is 13.1. The summed E-state index contributed by atoms with van der Waals surface area (Å²) in [4.78, 5) is 12.8. The first-order valence-corrected chi connectivity index (χ1v) is 8.42. The molecule has 2 N–H and O–H groups in total. The number of hydrogen-bond donors (Lipinski definition) is 2. The molecule has 1 amide bonds. The predicted octanol–water partition coefficient (Wildman–Crippen LogP) is 3.77. The van der Waals surface area contributed by atoms with E-state index >= 15 is 0 Å². The monoisotopic (exact) mass is 327 g/mol. The zero-order chi connectivity index (χ0) is 17.1. The summed E-state index contributed by atoms with van der Waals surface area (Å²) in [6.07, 6.45) is 2.10. The van der Waals surface area contributed by atoms with Crippen LogP contribution >= 0.6 is 0 Å². The predicted molar refractivity (Wildman–Crippen MR) is 92.1 cm³/mol. The van der Waals surface area contributed by atoms with Crippen molar-refractivity contribution in [2.75, 3.05) is 0 Å². The number of nitrogens with one attached hydrogen (secondary N) is 1. The molecule has 0 unspecified atom stereocenters. The number of amides is 1. The lowest BCUT2D eigenvalue weighted by molar-refractivity contribution is 0.0232. The number of halogens is 1. The topological polar surface area (TPSA) is 49.3 Å². The van der Waals surface area contributed by atoms with Gasteiger partial charge in [0.2, 0.25) is 0 Å². The molecule has 0 aromatic heterocycles. The van der Waals surface area contributed by atoms with Crippen LogP contribution in [-0.4, -0.2) is 23.2 Å². The number of benzene rings is 2. The van der Waals surface area contributed by atoms with Crippen LogP contribution in [0.2, 0.25) is 0 Å². The Hall–Kier alpha value is -2.20. The summed E-state index contributed by atoms with van der Waals surface area (Å²) >= 11 is 0. The average Bonchev–Trinajstić information content (AvgIpc) is 2.58. The molecule has 3 nitrogen and oxygen atoms in total. The standard InChI is InChI=1S/C20H22FNO2/c1-2-19(14-11-16(23)12-14)22-20(24)18-6-4-3-5-17(18)13-7-9-15(21)10-8-13/h3-10,14,16,19,23H,2,11-12H2,1H3,(H,22,24)/t14?,16?,19-/m1/s1. The molecule has 0 bridgehead atoms. The van der Waals surface area contributed by atoms with Crippen molar-refractivity contribution in [2.45, 2.75) is 38.3 Å². The Morgan fingerprint density at radius 1 is 1.21 bits per heavy atom. The molecule has 2 aromatic rings. The Morgan fingerprint density at radius 3 is 2.50 bits per heavy atom. The van der Waals surface area contributed by atoms with Crippen LogP contribution < -0.4 is 5.32 Å². The maximum Gasteiger partial charge on any atom is 0.252 e. The first-order valence-electron chi connectivity index (χ1n) is 8.42. The van der Waals surface area contributed by atoms with Crippen LogP contribution in [0.5, 0.6) is 0 Å². The fourth-order valence-corrected chi connectivity index (χ4v) is 3.32. The number of aliphatic hydroxyl groups excluding tert-OH is 1. The molecule has 4 heteroatoms. The molecular weight excluding hydrogens is 305 g/mol. The minimum absolute atomic E-state index is 0.0715. The summed E-state index contributed by atoms with van der Waals surface area (Å²) in [5, 5.41) is 12.6. The molecule has 0 spiro atoms. The lowest BCUT2D eigenvalue weighted by atomic mass is 9.76. The van der Waals surface area contributed by atoms with Crippen LogP contribution in [0.3, 0.4) is 0 Å². The van der Waals surface area contributed by atoms with Gasteiger partial charge in [0, 0.05) is 11.6 Å². The number of rotatable bonds is 5. The number of hydrogen-bond acceptors (Lipinski definition) is 2. The Balaban J connectivity index is 1.81. The van der Waals surface area contributed by atoms with Gasteiger partial charge in [-0.25, -0.2) is 4.39 Å². The second-order valence-corrected chi connectivity index (χ2v) is 6.43. The highest BCUT2D eigenvalue weighted by molar-refractivity contribution is 6.01. The van der Waals surface area contributed by atoms with Gasteiger partial charge < -0.3 is 10.4 Å². The lowest BCUT2D eigenvalue weighted by Crippen LogP contribution is -2.46. The van der Waals surface area contributed by atoms with Crippen molar-refractivity contribution in [2.24, 2.45) is 5.92 Å². The third kappa shape index (κ3) is 3.49. The summed E-state index contributed by atoms with van der Waals surface area (Å²) in [5.74, 6) is -0.0784. The zero-order valence-corrected chi connectivity index (χ0v) is 13.7. The van der Waals surface area contributed by atoms with Gasteiger partial charge in [-0.2, -0.15) is 0 Å². The molecule has 3 rings (SSSR count). The van der Waals surface area contributed by atoms with E-state index in [1.807, 2.05) is 25.1 Å². The molecule has 0 radical (unpaired) electrons. The number of aliphatic hydroxyl groups is 1. The Kier molecular flexibility index (Phi) is 4.95. The van der Waals surface area contributed by atoms with Gasteiger partial charge in [0.15, 0.2) is 0 Å². The van der Waals surface area contributed by atoms with E-state index in [4.69, 9.17) is 0 Å². The van der Waals surface area contributed by atoms with E-state index in [2.05, 4.69) is 5.32 Å². The zero-order valence-electron chi connectivity index (χ0n) is 13.7. The Morgan fingerprint density at radius 2 is 1.88 bits per heavy atom. The molecule has 24 heavy (non-hydrogen) atoms. The lowest BCUT2D eigenvalue weighted by Gasteiger charge is -2.37. The molecule has 0 heterocycles. The van der Waals surface area contributed by atoms with Crippen molar-refractivity contribution in [3.63, 3.8) is 0 Å². The van der Waals surface area contributed by atoms with E-state index in [1.165, 1.54) is 12.1 Å². The highest BCUT2D eigenvalue weighted by atomic mass is 19.1. The number of carbonyl (C=O) groups excluding carboxylic acids is 1. The molecule has 0 aliphatic heterocycles. The maximum absolute atomic E-state index is 13.1. The average molecular weight is 327 g/mol. The van der Waals surface area contributed by atoms with Gasteiger partial charge in [-0.15, -0.1) is 0 Å². The fraction of sp³-hybridized carbons (Fsp3) is 0.350. The van der Waals surface area contributed by atoms with Crippen molar-refractivity contribution in [1.82, 2.24) is 5.32 Å². The highest BCUT2D eigenvalue weighted by Crippen LogP contribution is 2.32. The molecule has 126 valence electrons. The quantitative estimate of drug-likeness (QED) is 0.878. The molecule has 1 fully saturated rings. The Labute approximate surface area is 141 Å². The van der Waals surface area contributed by atoms with E-state index in [9.17, 15) is 14.3 Å². The van der Waals surface area contributed by atoms with Crippen LogP contribution in [0.1, 0.15) is 36.5 Å². The van der Waals surface area contributed by atoms with Gasteiger partial charge in [-0.05, 0) is 54.5 Å². The molecule has 0 saturated heterocycles. The van der Waals surface area contributed by atoms with Crippen LogP contribution in [0, 0.1) is 11.7 Å². The van der Waals surface area contributed by atoms with Crippen LogP contribution in [0.15, 0.2) is 48.5 Å². The van der Waals surface area contributed by atoms with E-state index < -0.39 is 0 Å². The summed E-state index contributed by atoms with van der Waals surface area (Å²) in [6, 6.07) is 13.6. The smallest absolute Gasteiger partial charge is 0.252 e. The van der Waals surface area contributed by atoms with Crippen molar-refractivity contribution < 1.29 is 14.3 Å². The van der Waals surface area contributed by atoms with Crippen molar-refractivity contribution in [1.29, 1.82) is 0 Å². The summed E-state index contributed by atoms with van der Waals surface area (Å²) in [6.45, 7) is 2.04. The van der Waals surface area contributed by atoms with Gasteiger partial charge >= 0.3 is 0 Å². The minimum Gasteiger partial charge on any atom is -0.393 e. The second kappa shape index (κ2) is 7.14. The highest BCUT2D eigenvalue weighted by Gasteiger charge is 2.34. The van der Waals surface area contributed by atoms with Crippen LogP contribution in [-0.2, 0) is 0 Å².